The molecule has 0 aliphatic carbocycles. The molecule has 8 nitrogen and oxygen atoms in total. The Morgan fingerprint density at radius 3 is 2.45 bits per heavy atom. The van der Waals surface area contributed by atoms with Gasteiger partial charge in [0.2, 0.25) is 0 Å². The number of nitrogens with zero attached hydrogens (tertiary/aromatic N) is 1. The van der Waals surface area contributed by atoms with Crippen LogP contribution in [0.1, 0.15) is 32.6 Å². The first-order valence-electron chi connectivity index (χ1n) is 16.0. The number of ether oxygens (including phenoxy) is 4. The number of nitro groups is 1. The smallest absolute Gasteiger partial charge is 0.343 e. The Morgan fingerprint density at radius 1 is 0.816 bits per heavy atom. The summed E-state index contributed by atoms with van der Waals surface area (Å²) in [5, 5.41) is 15.8. The molecular weight excluding hydrogens is 618 g/mol. The molecule has 0 saturated carbocycles. The van der Waals surface area contributed by atoms with Crippen LogP contribution in [0.25, 0.3) is 27.6 Å². The number of non-ortho nitro benzene ring substituents is 1. The minimum absolute atomic E-state index is 0.0494. The van der Waals surface area contributed by atoms with Gasteiger partial charge in [0.15, 0.2) is 5.60 Å². The van der Waals surface area contributed by atoms with Gasteiger partial charge in [-0.25, -0.2) is 4.79 Å². The third kappa shape index (κ3) is 6.27. The zero-order valence-electron chi connectivity index (χ0n) is 26.8. The summed E-state index contributed by atoms with van der Waals surface area (Å²) < 4.78 is 23.8. The minimum Gasteiger partial charge on any atom is -0.473 e. The standard InChI is InChI=1S/C41H33NO7/c1-46-24-25-47-23-21-30-12-5-11-29-17-19-38-35(39(29)30)20-22-41(49-38,32-13-7-14-33(26-32)42(44)45)37-15-6-10-28-16-18-34(27-36(28)37)48-40(43)31-8-3-2-4-9-31/h2-20,22,26-27H,21,23-25H2,1H3. The molecule has 8 heteroatoms. The maximum Gasteiger partial charge on any atom is 0.343 e. The summed E-state index contributed by atoms with van der Waals surface area (Å²) in [6.45, 7) is 1.60. The highest BCUT2D eigenvalue weighted by Crippen LogP contribution is 2.47. The largest absolute Gasteiger partial charge is 0.473 e. The topological polar surface area (TPSA) is 97.1 Å². The highest BCUT2D eigenvalue weighted by Gasteiger charge is 2.39. The third-order valence-corrected chi connectivity index (χ3v) is 8.79. The lowest BCUT2D eigenvalue weighted by atomic mass is 9.80. The first-order valence-corrected chi connectivity index (χ1v) is 16.0. The van der Waals surface area contributed by atoms with Crippen molar-refractivity contribution in [1.29, 1.82) is 0 Å². The summed E-state index contributed by atoms with van der Waals surface area (Å²) in [6.07, 6.45) is 4.72. The molecule has 1 heterocycles. The van der Waals surface area contributed by atoms with Crippen LogP contribution in [0, 0.1) is 10.1 Å². The monoisotopic (exact) mass is 651 g/mol. The van der Waals surface area contributed by atoms with Crippen molar-refractivity contribution in [2.24, 2.45) is 0 Å². The Hall–Kier alpha value is -5.83. The van der Waals surface area contributed by atoms with Crippen molar-refractivity contribution < 1.29 is 28.7 Å². The molecule has 7 rings (SSSR count). The van der Waals surface area contributed by atoms with Gasteiger partial charge in [-0.3, -0.25) is 10.1 Å². The van der Waals surface area contributed by atoms with Gasteiger partial charge < -0.3 is 18.9 Å². The second kappa shape index (κ2) is 13.7. The summed E-state index contributed by atoms with van der Waals surface area (Å²) in [6, 6.07) is 36.8. The van der Waals surface area contributed by atoms with Crippen LogP contribution < -0.4 is 9.47 Å². The fourth-order valence-electron chi connectivity index (χ4n) is 6.45. The van der Waals surface area contributed by atoms with E-state index >= 15 is 0 Å². The maximum absolute atomic E-state index is 13.0. The molecule has 0 radical (unpaired) electrons. The van der Waals surface area contributed by atoms with Crippen molar-refractivity contribution in [1.82, 2.24) is 0 Å². The number of nitro benzene ring substituents is 1. The molecule has 0 spiro atoms. The molecule has 0 bridgehead atoms. The van der Waals surface area contributed by atoms with Crippen LogP contribution in [0.4, 0.5) is 5.69 Å². The SMILES string of the molecule is COCCOCCc1cccc2ccc3c(c12)C=CC(c1cccc([N+](=O)[O-])c1)(c1cccc2ccc(OC(=O)c4ccccc4)cc12)O3. The number of carbonyl (C=O) groups excluding carboxylic acids is 1. The van der Waals surface area contributed by atoms with Crippen molar-refractivity contribution in [3.05, 3.63) is 165 Å². The molecule has 0 amide bonds. The van der Waals surface area contributed by atoms with E-state index in [-0.39, 0.29) is 5.69 Å². The molecule has 0 aromatic heterocycles. The molecule has 1 aliphatic heterocycles. The highest BCUT2D eigenvalue weighted by molar-refractivity contribution is 5.97. The van der Waals surface area contributed by atoms with E-state index in [4.69, 9.17) is 18.9 Å². The van der Waals surface area contributed by atoms with E-state index in [1.165, 1.54) is 6.07 Å². The van der Waals surface area contributed by atoms with Crippen LogP contribution in [0.5, 0.6) is 11.5 Å². The van der Waals surface area contributed by atoms with Crippen LogP contribution in [-0.4, -0.2) is 37.8 Å². The second-order valence-corrected chi connectivity index (χ2v) is 11.8. The summed E-state index contributed by atoms with van der Waals surface area (Å²) in [4.78, 5) is 24.5. The van der Waals surface area contributed by atoms with Crippen LogP contribution in [0.2, 0.25) is 0 Å². The van der Waals surface area contributed by atoms with Gasteiger partial charge >= 0.3 is 5.97 Å². The molecule has 0 N–H and O–H groups in total. The van der Waals surface area contributed by atoms with Crippen LogP contribution >= 0.6 is 0 Å². The van der Waals surface area contributed by atoms with Gasteiger partial charge in [0.05, 0.1) is 30.3 Å². The van der Waals surface area contributed by atoms with E-state index < -0.39 is 16.5 Å². The van der Waals surface area contributed by atoms with Crippen molar-refractivity contribution in [3.63, 3.8) is 0 Å². The first kappa shape index (κ1) is 31.8. The van der Waals surface area contributed by atoms with Gasteiger partial charge in [-0.1, -0.05) is 78.9 Å². The van der Waals surface area contributed by atoms with E-state index in [0.717, 1.165) is 38.2 Å². The summed E-state index contributed by atoms with van der Waals surface area (Å²) in [5.74, 6) is 0.532. The number of hydrogen-bond acceptors (Lipinski definition) is 7. The minimum atomic E-state index is -1.26. The predicted molar refractivity (Wildman–Crippen MR) is 189 cm³/mol. The van der Waals surface area contributed by atoms with Crippen LogP contribution in [0.3, 0.4) is 0 Å². The number of fused-ring (bicyclic) bond motifs is 4. The quantitative estimate of drug-likeness (QED) is 0.0455. The molecule has 6 aromatic carbocycles. The fourth-order valence-corrected chi connectivity index (χ4v) is 6.45. The number of benzene rings is 6. The Bertz CT molecular complexity index is 2210. The van der Waals surface area contributed by atoms with E-state index in [9.17, 15) is 14.9 Å². The Morgan fingerprint density at radius 2 is 1.61 bits per heavy atom. The number of rotatable bonds is 11. The lowest BCUT2D eigenvalue weighted by Gasteiger charge is -2.37. The molecule has 0 saturated heterocycles. The van der Waals surface area contributed by atoms with E-state index in [1.54, 1.807) is 49.6 Å². The van der Waals surface area contributed by atoms with Crippen LogP contribution in [-0.2, 0) is 21.5 Å². The van der Waals surface area contributed by atoms with E-state index in [1.807, 2.05) is 72.8 Å². The van der Waals surface area contributed by atoms with Gasteiger partial charge in [-0.15, -0.1) is 0 Å². The summed E-state index contributed by atoms with van der Waals surface area (Å²) in [5.41, 5.74) is 2.50. The van der Waals surface area contributed by atoms with Crippen molar-refractivity contribution in [2.45, 2.75) is 12.0 Å². The van der Waals surface area contributed by atoms with E-state index in [2.05, 4.69) is 12.1 Å². The lowest BCUT2D eigenvalue weighted by Crippen LogP contribution is -2.34. The maximum atomic E-state index is 13.0. The zero-order valence-corrected chi connectivity index (χ0v) is 26.8. The van der Waals surface area contributed by atoms with Gasteiger partial charge in [-0.05, 0) is 76.0 Å². The first-order chi connectivity index (χ1) is 24.0. The Kier molecular flexibility index (Phi) is 8.89. The van der Waals surface area contributed by atoms with Crippen molar-refractivity contribution in [2.75, 3.05) is 26.9 Å². The molecule has 0 fully saturated rings. The van der Waals surface area contributed by atoms with Gasteiger partial charge in [-0.2, -0.15) is 0 Å². The van der Waals surface area contributed by atoms with Crippen molar-refractivity contribution in [3.8, 4) is 11.5 Å². The number of methoxy groups -OCH3 is 1. The predicted octanol–water partition coefficient (Wildman–Crippen LogP) is 8.68. The number of carbonyl (C=O) groups is 1. The molecule has 244 valence electrons. The second-order valence-electron chi connectivity index (χ2n) is 11.8. The van der Waals surface area contributed by atoms with Gasteiger partial charge in [0, 0.05) is 35.9 Å². The molecule has 6 aromatic rings. The van der Waals surface area contributed by atoms with Crippen molar-refractivity contribution >= 4 is 39.3 Å². The summed E-state index contributed by atoms with van der Waals surface area (Å²) in [7, 11) is 1.65. The van der Waals surface area contributed by atoms with E-state index in [0.29, 0.717) is 48.9 Å². The zero-order chi connectivity index (χ0) is 33.8. The molecule has 1 unspecified atom stereocenters. The average molecular weight is 652 g/mol. The average Bonchev–Trinajstić information content (AvgIpc) is 3.14. The Balaban J connectivity index is 1.36. The molecule has 1 atom stereocenters. The molecule has 1 aliphatic rings. The normalized spacial score (nSPS) is 15.1. The van der Waals surface area contributed by atoms with Crippen LogP contribution in [0.15, 0.2) is 127 Å². The Labute approximate surface area is 283 Å². The fraction of sp³-hybridized carbons (Fsp3) is 0.146. The lowest BCUT2D eigenvalue weighted by molar-refractivity contribution is -0.385. The van der Waals surface area contributed by atoms with Gasteiger partial charge in [0.25, 0.3) is 5.69 Å². The third-order valence-electron chi connectivity index (χ3n) is 8.79. The highest BCUT2D eigenvalue weighted by atomic mass is 16.6. The molecular formula is C41H33NO7. The number of esters is 1. The summed E-state index contributed by atoms with van der Waals surface area (Å²) >= 11 is 0. The van der Waals surface area contributed by atoms with Gasteiger partial charge in [0.1, 0.15) is 11.5 Å². The molecule has 49 heavy (non-hydrogen) atoms. The number of hydrogen-bond donors (Lipinski definition) is 0.